The summed E-state index contributed by atoms with van der Waals surface area (Å²) in [4.78, 5) is 27.1. The average molecular weight is 326 g/mol. The topological polar surface area (TPSA) is 63.4 Å². The van der Waals surface area contributed by atoms with Crippen LogP contribution in [-0.2, 0) is 4.79 Å². The van der Waals surface area contributed by atoms with Crippen molar-refractivity contribution in [3.05, 3.63) is 46.2 Å². The fraction of sp³-hybridized carbons (Fsp3) is 0.333. The summed E-state index contributed by atoms with van der Waals surface area (Å²) in [5, 5.41) is 1.93. The summed E-state index contributed by atoms with van der Waals surface area (Å²) < 4.78 is 0. The summed E-state index contributed by atoms with van der Waals surface area (Å²) >= 11 is 1.43. The quantitative estimate of drug-likeness (QED) is 0.942. The van der Waals surface area contributed by atoms with Crippen molar-refractivity contribution >= 4 is 23.2 Å². The molecule has 23 heavy (non-hydrogen) atoms. The molecule has 1 aromatic carbocycles. The molecule has 0 bridgehead atoms. The SMILES string of the molecule is Cc1cccc(-c2ccsc2C(=O)N2C[C@@H]3C[C@@H]3[C@H]2C(N)=O)c1. The number of carbonyl (C=O) groups excluding carboxylic acids is 2. The van der Waals surface area contributed by atoms with Gasteiger partial charge in [0.15, 0.2) is 0 Å². The molecule has 3 atom stereocenters. The number of piperidine rings is 1. The van der Waals surface area contributed by atoms with Gasteiger partial charge in [-0.2, -0.15) is 0 Å². The minimum Gasteiger partial charge on any atom is -0.368 e. The Bertz CT molecular complexity index is 798. The van der Waals surface area contributed by atoms with Crippen LogP contribution in [0.15, 0.2) is 35.7 Å². The van der Waals surface area contributed by atoms with Crippen LogP contribution in [0, 0.1) is 18.8 Å². The number of nitrogens with two attached hydrogens (primary N) is 1. The smallest absolute Gasteiger partial charge is 0.265 e. The van der Waals surface area contributed by atoms with Gasteiger partial charge < -0.3 is 10.6 Å². The molecule has 0 radical (unpaired) electrons. The molecule has 4 rings (SSSR count). The molecule has 1 aliphatic carbocycles. The number of aryl methyl sites for hydroxylation is 1. The second kappa shape index (κ2) is 5.20. The Labute approximate surface area is 138 Å². The van der Waals surface area contributed by atoms with Crippen LogP contribution >= 0.6 is 11.3 Å². The third kappa shape index (κ3) is 2.36. The van der Waals surface area contributed by atoms with E-state index >= 15 is 0 Å². The van der Waals surface area contributed by atoms with Gasteiger partial charge in [0, 0.05) is 12.1 Å². The largest absolute Gasteiger partial charge is 0.368 e. The van der Waals surface area contributed by atoms with Crippen LogP contribution in [0.4, 0.5) is 0 Å². The van der Waals surface area contributed by atoms with Gasteiger partial charge in [-0.15, -0.1) is 11.3 Å². The number of carbonyl (C=O) groups is 2. The Morgan fingerprint density at radius 1 is 1.30 bits per heavy atom. The molecule has 0 unspecified atom stereocenters. The maximum atomic E-state index is 13.0. The summed E-state index contributed by atoms with van der Waals surface area (Å²) in [6, 6.07) is 9.66. The molecule has 2 fully saturated rings. The van der Waals surface area contributed by atoms with Gasteiger partial charge in [0.25, 0.3) is 5.91 Å². The first-order valence-corrected chi connectivity index (χ1v) is 8.69. The van der Waals surface area contributed by atoms with E-state index in [1.165, 1.54) is 11.3 Å². The highest BCUT2D eigenvalue weighted by atomic mass is 32.1. The Balaban J connectivity index is 1.68. The highest BCUT2D eigenvalue weighted by molar-refractivity contribution is 7.12. The van der Waals surface area contributed by atoms with Crippen LogP contribution in [0.25, 0.3) is 11.1 Å². The molecule has 1 saturated carbocycles. The number of nitrogens with zero attached hydrogens (tertiary/aromatic N) is 1. The average Bonchev–Trinajstić information content (AvgIpc) is 2.98. The van der Waals surface area contributed by atoms with Crippen molar-refractivity contribution in [2.24, 2.45) is 17.6 Å². The number of amides is 2. The predicted molar refractivity (Wildman–Crippen MR) is 90.1 cm³/mol. The lowest BCUT2D eigenvalue weighted by atomic mass is 10.0. The fourth-order valence-electron chi connectivity index (χ4n) is 3.68. The van der Waals surface area contributed by atoms with Crippen LogP contribution in [0.1, 0.15) is 21.7 Å². The summed E-state index contributed by atoms with van der Waals surface area (Å²) in [7, 11) is 0. The van der Waals surface area contributed by atoms with Crippen LogP contribution in [-0.4, -0.2) is 29.3 Å². The monoisotopic (exact) mass is 326 g/mol. The molecular weight excluding hydrogens is 308 g/mol. The van der Waals surface area contributed by atoms with E-state index < -0.39 is 6.04 Å². The van der Waals surface area contributed by atoms with Crippen LogP contribution in [0.3, 0.4) is 0 Å². The van der Waals surface area contributed by atoms with Gasteiger partial charge in [0.1, 0.15) is 6.04 Å². The number of thiophene rings is 1. The van der Waals surface area contributed by atoms with E-state index in [0.717, 1.165) is 23.1 Å². The number of primary amides is 1. The second-order valence-electron chi connectivity index (χ2n) is 6.50. The third-order valence-corrected chi connectivity index (χ3v) is 5.79. The zero-order valence-electron chi connectivity index (χ0n) is 12.9. The summed E-state index contributed by atoms with van der Waals surface area (Å²) in [5.74, 6) is 0.294. The molecule has 1 saturated heterocycles. The van der Waals surface area contributed by atoms with E-state index in [0.29, 0.717) is 17.3 Å². The maximum absolute atomic E-state index is 13.0. The maximum Gasteiger partial charge on any atom is 0.265 e. The molecule has 2 heterocycles. The zero-order chi connectivity index (χ0) is 16.1. The molecule has 2 aliphatic rings. The van der Waals surface area contributed by atoms with Crippen LogP contribution < -0.4 is 5.73 Å². The van der Waals surface area contributed by atoms with Crippen molar-refractivity contribution in [1.82, 2.24) is 4.90 Å². The van der Waals surface area contributed by atoms with Crippen LogP contribution in [0.5, 0.6) is 0 Å². The van der Waals surface area contributed by atoms with Crippen molar-refractivity contribution in [1.29, 1.82) is 0 Å². The Hall–Kier alpha value is -2.14. The van der Waals surface area contributed by atoms with Gasteiger partial charge in [-0.1, -0.05) is 29.8 Å². The van der Waals surface area contributed by atoms with E-state index in [1.807, 2.05) is 36.6 Å². The van der Waals surface area contributed by atoms with E-state index in [-0.39, 0.29) is 17.7 Å². The minimum absolute atomic E-state index is 0.0625. The van der Waals surface area contributed by atoms with Crippen molar-refractivity contribution in [2.45, 2.75) is 19.4 Å². The Kier molecular flexibility index (Phi) is 3.27. The predicted octanol–water partition coefficient (Wildman–Crippen LogP) is 2.67. The van der Waals surface area contributed by atoms with E-state index in [9.17, 15) is 9.59 Å². The van der Waals surface area contributed by atoms with E-state index in [1.54, 1.807) is 4.90 Å². The zero-order valence-corrected chi connectivity index (χ0v) is 13.7. The number of fused-ring (bicyclic) bond motifs is 1. The third-order valence-electron chi connectivity index (χ3n) is 4.89. The normalized spacial score (nSPS) is 25.3. The number of rotatable bonds is 3. The first kappa shape index (κ1) is 14.5. The number of hydrogen-bond donors (Lipinski definition) is 1. The van der Waals surface area contributed by atoms with E-state index in [4.69, 9.17) is 5.73 Å². The fourth-order valence-corrected chi connectivity index (χ4v) is 4.56. The molecule has 5 heteroatoms. The van der Waals surface area contributed by atoms with Crippen molar-refractivity contribution in [3.8, 4) is 11.1 Å². The standard InChI is InChI=1S/C18H18N2O2S/c1-10-3-2-4-11(7-10)13-5-6-23-16(13)18(22)20-9-12-8-14(12)15(20)17(19)21/h2-7,12,14-15H,8-9H2,1H3,(H2,19,21)/t12-,14-,15-/m0/s1. The number of hydrogen-bond acceptors (Lipinski definition) is 3. The summed E-state index contributed by atoms with van der Waals surface area (Å²) in [6.45, 7) is 2.69. The lowest BCUT2D eigenvalue weighted by Gasteiger charge is -2.25. The molecule has 1 aromatic heterocycles. The Morgan fingerprint density at radius 3 is 2.87 bits per heavy atom. The highest BCUT2D eigenvalue weighted by Crippen LogP contribution is 2.50. The first-order chi connectivity index (χ1) is 11.1. The van der Waals surface area contributed by atoms with Crippen molar-refractivity contribution in [2.75, 3.05) is 6.54 Å². The molecule has 2 N–H and O–H groups in total. The molecule has 2 aromatic rings. The lowest BCUT2D eigenvalue weighted by Crippen LogP contribution is -2.46. The van der Waals surface area contributed by atoms with Crippen molar-refractivity contribution < 1.29 is 9.59 Å². The second-order valence-corrected chi connectivity index (χ2v) is 7.41. The van der Waals surface area contributed by atoms with Gasteiger partial charge >= 0.3 is 0 Å². The Morgan fingerprint density at radius 2 is 2.13 bits per heavy atom. The molecule has 118 valence electrons. The van der Waals surface area contributed by atoms with Gasteiger partial charge in [-0.05, 0) is 42.2 Å². The minimum atomic E-state index is -0.431. The first-order valence-electron chi connectivity index (χ1n) is 7.81. The van der Waals surface area contributed by atoms with E-state index in [2.05, 4.69) is 6.07 Å². The molecule has 1 aliphatic heterocycles. The number of likely N-dealkylation sites (tertiary alicyclic amines) is 1. The molecule has 2 amide bonds. The molecular formula is C18H18N2O2S. The van der Waals surface area contributed by atoms with Gasteiger partial charge in [-0.3, -0.25) is 9.59 Å². The van der Waals surface area contributed by atoms with Crippen LogP contribution in [0.2, 0.25) is 0 Å². The van der Waals surface area contributed by atoms with Gasteiger partial charge in [0.2, 0.25) is 5.91 Å². The summed E-state index contributed by atoms with van der Waals surface area (Å²) in [5.41, 5.74) is 8.67. The summed E-state index contributed by atoms with van der Waals surface area (Å²) in [6.07, 6.45) is 1.02. The number of benzene rings is 1. The molecule has 0 spiro atoms. The molecule has 4 nitrogen and oxygen atoms in total. The van der Waals surface area contributed by atoms with Gasteiger partial charge in [0.05, 0.1) is 4.88 Å². The lowest BCUT2D eigenvalue weighted by molar-refractivity contribution is -0.122. The van der Waals surface area contributed by atoms with Gasteiger partial charge in [-0.25, -0.2) is 0 Å². The van der Waals surface area contributed by atoms with Crippen molar-refractivity contribution in [3.63, 3.8) is 0 Å². The highest BCUT2D eigenvalue weighted by Gasteiger charge is 2.56.